The minimum Gasteiger partial charge on any atom is -0.380 e. The van der Waals surface area contributed by atoms with Crippen molar-refractivity contribution in [3.05, 3.63) is 0 Å². The molecule has 0 N–H and O–H groups in total. The Morgan fingerprint density at radius 2 is 0.760 bits per heavy atom. The zero-order chi connectivity index (χ0) is 18.4. The molecule has 0 spiro atoms. The van der Waals surface area contributed by atoms with Gasteiger partial charge in [0.25, 0.3) is 0 Å². The summed E-state index contributed by atoms with van der Waals surface area (Å²) in [6.45, 7) is 14.7. The summed E-state index contributed by atoms with van der Waals surface area (Å²) in [7, 11) is 0. The Labute approximate surface area is 157 Å². The van der Waals surface area contributed by atoms with E-state index in [1.54, 1.807) is 0 Å². The van der Waals surface area contributed by atoms with E-state index in [-0.39, 0.29) is 0 Å². The summed E-state index contributed by atoms with van der Waals surface area (Å²) >= 11 is 0. The topological polar surface area (TPSA) is 30.9 Å². The Bertz CT molecular complexity index is 201. The summed E-state index contributed by atoms with van der Waals surface area (Å²) in [5.41, 5.74) is 0. The molecule has 0 aliphatic heterocycles. The Balaban J connectivity index is 3.76. The minimum absolute atomic E-state index is 0.815. The van der Waals surface area contributed by atoms with Crippen molar-refractivity contribution in [2.75, 3.05) is 59.3 Å². The van der Waals surface area contributed by atoms with Gasteiger partial charge in [0.05, 0.1) is 19.8 Å². The molecule has 0 aromatic heterocycles. The molecule has 0 unspecified atom stereocenters. The van der Waals surface area contributed by atoms with Crippen LogP contribution < -0.4 is 0 Å². The smallest absolute Gasteiger partial charge is 0.0593 e. The Hall–Kier alpha value is -0.160. The number of nitrogens with zero attached hydrogens (tertiary/aromatic N) is 1. The average molecular weight is 360 g/mol. The summed E-state index contributed by atoms with van der Waals surface area (Å²) in [5, 5.41) is 0. The maximum absolute atomic E-state index is 5.76. The second-order valence-electron chi connectivity index (χ2n) is 6.80. The van der Waals surface area contributed by atoms with E-state index < -0.39 is 0 Å². The molecule has 0 heterocycles. The fraction of sp³-hybridized carbons (Fsp3) is 1.00. The maximum atomic E-state index is 5.76. The fourth-order valence-corrected chi connectivity index (χ4v) is 2.58. The molecule has 0 rings (SSSR count). The van der Waals surface area contributed by atoms with Crippen LogP contribution in [0, 0.1) is 0 Å². The highest BCUT2D eigenvalue weighted by Gasteiger charge is 2.05. The van der Waals surface area contributed by atoms with Crippen LogP contribution in [0.15, 0.2) is 0 Å². The van der Waals surface area contributed by atoms with Crippen molar-refractivity contribution in [1.82, 2.24) is 4.90 Å². The van der Waals surface area contributed by atoms with Gasteiger partial charge >= 0.3 is 0 Å². The molecule has 0 bridgehead atoms. The van der Waals surface area contributed by atoms with Crippen molar-refractivity contribution in [3.8, 4) is 0 Å². The molecule has 4 nitrogen and oxygen atoms in total. The number of rotatable bonds is 21. The lowest BCUT2D eigenvalue weighted by Gasteiger charge is -2.22. The van der Waals surface area contributed by atoms with Gasteiger partial charge in [-0.25, -0.2) is 0 Å². The largest absolute Gasteiger partial charge is 0.380 e. The van der Waals surface area contributed by atoms with Crippen LogP contribution in [0.25, 0.3) is 0 Å². The lowest BCUT2D eigenvalue weighted by atomic mass is 10.3. The predicted octanol–water partition coefficient (Wildman–Crippen LogP) is 4.91. The molecule has 25 heavy (non-hydrogen) atoms. The molecule has 152 valence electrons. The summed E-state index contributed by atoms with van der Waals surface area (Å²) < 4.78 is 17.3. The third-order valence-corrected chi connectivity index (χ3v) is 4.33. The van der Waals surface area contributed by atoms with E-state index in [2.05, 4.69) is 25.7 Å². The Morgan fingerprint density at radius 3 is 1.04 bits per heavy atom. The van der Waals surface area contributed by atoms with E-state index >= 15 is 0 Å². The standard InChI is InChI=1S/C21H45NO3/c1-4-7-10-16-23-19-13-22(14-20-24-17-11-8-5-2)15-21-25-18-12-9-6-3/h4-21H2,1-3H3. The monoisotopic (exact) mass is 359 g/mol. The Morgan fingerprint density at radius 1 is 0.440 bits per heavy atom. The quantitative estimate of drug-likeness (QED) is 0.273. The molecule has 0 radical (unpaired) electrons. The minimum atomic E-state index is 0.815. The van der Waals surface area contributed by atoms with Gasteiger partial charge in [0, 0.05) is 39.5 Å². The van der Waals surface area contributed by atoms with Crippen molar-refractivity contribution < 1.29 is 14.2 Å². The molecule has 0 aliphatic rings. The van der Waals surface area contributed by atoms with Gasteiger partial charge in [-0.15, -0.1) is 0 Å². The molecular formula is C21H45NO3. The first-order chi connectivity index (χ1) is 12.3. The van der Waals surface area contributed by atoms with Crippen LogP contribution in [-0.2, 0) is 14.2 Å². The van der Waals surface area contributed by atoms with E-state index in [0.717, 1.165) is 59.3 Å². The summed E-state index contributed by atoms with van der Waals surface area (Å²) in [5.74, 6) is 0. The van der Waals surface area contributed by atoms with Crippen LogP contribution in [0.1, 0.15) is 78.6 Å². The highest BCUT2D eigenvalue weighted by molar-refractivity contribution is 4.57. The van der Waals surface area contributed by atoms with Gasteiger partial charge in [-0.05, 0) is 19.3 Å². The van der Waals surface area contributed by atoms with Crippen LogP contribution in [0.3, 0.4) is 0 Å². The molecule has 0 amide bonds. The molecular weight excluding hydrogens is 314 g/mol. The summed E-state index contributed by atoms with van der Waals surface area (Å²) in [6, 6.07) is 0. The zero-order valence-corrected chi connectivity index (χ0v) is 17.4. The lowest BCUT2D eigenvalue weighted by Crippen LogP contribution is -2.34. The van der Waals surface area contributed by atoms with Crippen LogP contribution in [0.5, 0.6) is 0 Å². The molecule has 0 fully saturated rings. The van der Waals surface area contributed by atoms with Crippen LogP contribution >= 0.6 is 0 Å². The van der Waals surface area contributed by atoms with Gasteiger partial charge in [0.2, 0.25) is 0 Å². The lowest BCUT2D eigenvalue weighted by molar-refractivity contribution is 0.0508. The van der Waals surface area contributed by atoms with Gasteiger partial charge in [-0.3, -0.25) is 4.90 Å². The van der Waals surface area contributed by atoms with E-state index in [1.165, 1.54) is 57.8 Å². The third-order valence-electron chi connectivity index (χ3n) is 4.33. The van der Waals surface area contributed by atoms with Crippen molar-refractivity contribution in [2.24, 2.45) is 0 Å². The van der Waals surface area contributed by atoms with Crippen LogP contribution in [0.2, 0.25) is 0 Å². The first-order valence-corrected chi connectivity index (χ1v) is 10.8. The maximum Gasteiger partial charge on any atom is 0.0593 e. The van der Waals surface area contributed by atoms with Gasteiger partial charge < -0.3 is 14.2 Å². The fourth-order valence-electron chi connectivity index (χ4n) is 2.58. The molecule has 0 atom stereocenters. The van der Waals surface area contributed by atoms with E-state index in [1.807, 2.05) is 0 Å². The van der Waals surface area contributed by atoms with Crippen molar-refractivity contribution in [3.63, 3.8) is 0 Å². The van der Waals surface area contributed by atoms with E-state index in [4.69, 9.17) is 14.2 Å². The average Bonchev–Trinajstić information content (AvgIpc) is 2.63. The second-order valence-corrected chi connectivity index (χ2v) is 6.80. The summed E-state index contributed by atoms with van der Waals surface area (Å²) in [6.07, 6.45) is 11.1. The van der Waals surface area contributed by atoms with Gasteiger partial charge in [-0.1, -0.05) is 59.3 Å². The zero-order valence-electron chi connectivity index (χ0n) is 17.4. The normalized spacial score (nSPS) is 11.5. The van der Waals surface area contributed by atoms with Crippen LogP contribution in [-0.4, -0.2) is 64.2 Å². The highest BCUT2D eigenvalue weighted by Crippen LogP contribution is 1.98. The van der Waals surface area contributed by atoms with E-state index in [9.17, 15) is 0 Å². The third kappa shape index (κ3) is 20.0. The molecule has 0 aromatic rings. The molecule has 4 heteroatoms. The second kappa shape index (κ2) is 21.9. The highest BCUT2D eigenvalue weighted by atomic mass is 16.5. The first-order valence-electron chi connectivity index (χ1n) is 10.8. The van der Waals surface area contributed by atoms with Gasteiger partial charge in [-0.2, -0.15) is 0 Å². The number of hydrogen-bond donors (Lipinski definition) is 0. The number of ether oxygens (including phenoxy) is 3. The van der Waals surface area contributed by atoms with Gasteiger partial charge in [0.1, 0.15) is 0 Å². The van der Waals surface area contributed by atoms with E-state index in [0.29, 0.717) is 0 Å². The molecule has 0 aromatic carbocycles. The summed E-state index contributed by atoms with van der Waals surface area (Å²) in [4.78, 5) is 2.42. The van der Waals surface area contributed by atoms with Gasteiger partial charge in [0.15, 0.2) is 0 Å². The number of hydrogen-bond acceptors (Lipinski definition) is 4. The SMILES string of the molecule is CCCCCOCCN(CCOCCCCC)CCOCCCCC. The van der Waals surface area contributed by atoms with Crippen molar-refractivity contribution >= 4 is 0 Å². The molecule has 0 saturated carbocycles. The number of unbranched alkanes of at least 4 members (excludes halogenated alkanes) is 6. The molecule has 0 saturated heterocycles. The van der Waals surface area contributed by atoms with Crippen molar-refractivity contribution in [1.29, 1.82) is 0 Å². The Kier molecular flexibility index (Phi) is 21.7. The van der Waals surface area contributed by atoms with Crippen molar-refractivity contribution in [2.45, 2.75) is 78.6 Å². The first kappa shape index (κ1) is 24.8. The molecule has 0 aliphatic carbocycles. The van der Waals surface area contributed by atoms with Crippen LogP contribution in [0.4, 0.5) is 0 Å². The predicted molar refractivity (Wildman–Crippen MR) is 107 cm³/mol.